The van der Waals surface area contributed by atoms with Gasteiger partial charge in [0.1, 0.15) is 17.6 Å². The van der Waals surface area contributed by atoms with Crippen molar-refractivity contribution in [3.8, 4) is 5.75 Å². The van der Waals surface area contributed by atoms with Crippen LogP contribution in [0.1, 0.15) is 40.4 Å². The topological polar surface area (TPSA) is 71.0 Å². The number of nitrogens with zero attached hydrogens (tertiary/aromatic N) is 1. The molecular formula is C27H29ClN2O4. The van der Waals surface area contributed by atoms with Gasteiger partial charge in [0.15, 0.2) is 0 Å². The van der Waals surface area contributed by atoms with Crippen LogP contribution < -0.4 is 10.1 Å². The molecule has 6 rings (SSSR count). The number of anilines is 1. The minimum absolute atomic E-state index is 0.0297. The van der Waals surface area contributed by atoms with Crippen molar-refractivity contribution >= 4 is 29.1 Å². The summed E-state index contributed by atoms with van der Waals surface area (Å²) in [6, 6.07) is 12.7. The Balaban J connectivity index is 1.56. The summed E-state index contributed by atoms with van der Waals surface area (Å²) in [4.78, 5) is 14.7. The van der Waals surface area contributed by atoms with E-state index in [9.17, 15) is 9.90 Å². The van der Waals surface area contributed by atoms with Crippen LogP contribution in [-0.2, 0) is 4.29 Å². The highest BCUT2D eigenvalue weighted by Gasteiger charge is 2.43. The average Bonchev–Trinajstić information content (AvgIpc) is 2.91. The lowest BCUT2D eigenvalue weighted by molar-refractivity contribution is -0.0254. The number of halogens is 1. The van der Waals surface area contributed by atoms with Crippen LogP contribution in [0.15, 0.2) is 61.2 Å². The van der Waals surface area contributed by atoms with Gasteiger partial charge in [0.25, 0.3) is 0 Å². The van der Waals surface area contributed by atoms with Crippen molar-refractivity contribution in [2.24, 2.45) is 11.8 Å². The maximum absolute atomic E-state index is 12.3. The fraction of sp³-hybridized carbons (Fsp3) is 0.370. The van der Waals surface area contributed by atoms with Gasteiger partial charge in [0, 0.05) is 23.8 Å². The van der Waals surface area contributed by atoms with E-state index < -0.39 is 12.1 Å². The standard InChI is InChI=1S/C27H29ClN2O4/c1-3-16-15-30-11-10-17(16)12-25(30)26(31)22-14-24(19-6-4-5-7-20(19)27(32)34-28)29-23-9-8-18(33-2)13-21(22)23/h3-9,13-14,16-17,24-26,29,31H,1,10-12,15H2,2H3/t16-,17-,24?,25+,26-/m0/s1. The number of nitrogens with one attached hydrogen (secondary N) is 1. The molecule has 3 fully saturated rings. The van der Waals surface area contributed by atoms with E-state index >= 15 is 0 Å². The Hall–Kier alpha value is -2.80. The molecule has 0 spiro atoms. The van der Waals surface area contributed by atoms with E-state index in [0.717, 1.165) is 54.1 Å². The molecule has 2 aromatic rings. The van der Waals surface area contributed by atoms with E-state index in [2.05, 4.69) is 27.2 Å². The number of aliphatic hydroxyl groups excluding tert-OH is 1. The zero-order valence-corrected chi connectivity index (χ0v) is 19.9. The molecule has 4 aliphatic rings. The van der Waals surface area contributed by atoms with Gasteiger partial charge in [-0.05, 0) is 66.6 Å². The molecule has 0 saturated carbocycles. The van der Waals surface area contributed by atoms with Gasteiger partial charge >= 0.3 is 5.97 Å². The third kappa shape index (κ3) is 4.00. The molecule has 3 saturated heterocycles. The predicted octanol–water partition coefficient (Wildman–Crippen LogP) is 4.81. The summed E-state index contributed by atoms with van der Waals surface area (Å²) >= 11 is 5.40. The Labute approximate surface area is 205 Å². The van der Waals surface area contributed by atoms with Gasteiger partial charge < -0.3 is 19.4 Å². The van der Waals surface area contributed by atoms with Crippen molar-refractivity contribution in [3.63, 3.8) is 0 Å². The highest BCUT2D eigenvalue weighted by atomic mass is 35.5. The first kappa shape index (κ1) is 23.0. The fourth-order valence-electron chi connectivity index (χ4n) is 5.83. The summed E-state index contributed by atoms with van der Waals surface area (Å²) in [5, 5.41) is 15.3. The number of hydrogen-bond acceptors (Lipinski definition) is 6. The molecule has 6 atom stereocenters. The summed E-state index contributed by atoms with van der Waals surface area (Å²) in [6.45, 7) is 5.93. The minimum atomic E-state index is -0.684. The molecule has 6 nitrogen and oxygen atoms in total. The number of carbonyl (C=O) groups excluding carboxylic acids is 1. The van der Waals surface area contributed by atoms with E-state index in [1.807, 2.05) is 36.4 Å². The van der Waals surface area contributed by atoms with E-state index in [4.69, 9.17) is 16.6 Å². The quantitative estimate of drug-likeness (QED) is 0.578. The molecule has 4 aliphatic heterocycles. The molecular weight excluding hydrogens is 452 g/mol. The SMILES string of the molecule is C=C[C@H]1CN2CC[C@H]1C[C@@H]2[C@@H](O)C1=CC(c2ccccc2C(=O)OCl)Nc2ccc(OC)cc21. The molecule has 2 aromatic carbocycles. The second-order valence-corrected chi connectivity index (χ2v) is 9.45. The smallest absolute Gasteiger partial charge is 0.356 e. The Bertz CT molecular complexity index is 1130. The lowest BCUT2D eigenvalue weighted by atomic mass is 9.72. The largest absolute Gasteiger partial charge is 0.497 e. The minimum Gasteiger partial charge on any atom is -0.497 e. The number of piperidine rings is 3. The molecule has 7 heteroatoms. The van der Waals surface area contributed by atoms with Gasteiger partial charge in [-0.1, -0.05) is 30.4 Å². The van der Waals surface area contributed by atoms with E-state index in [1.165, 1.54) is 0 Å². The zero-order chi connectivity index (χ0) is 23.8. The lowest BCUT2D eigenvalue weighted by Gasteiger charge is -2.51. The van der Waals surface area contributed by atoms with Crippen LogP contribution in [0.5, 0.6) is 5.75 Å². The Kier molecular flexibility index (Phi) is 6.38. The molecule has 0 aromatic heterocycles. The van der Waals surface area contributed by atoms with Gasteiger partial charge in [-0.3, -0.25) is 4.90 Å². The van der Waals surface area contributed by atoms with Crippen LogP contribution in [0.2, 0.25) is 0 Å². The molecule has 2 bridgehead atoms. The number of ether oxygens (including phenoxy) is 1. The fourth-order valence-corrected chi connectivity index (χ4v) is 5.91. The van der Waals surface area contributed by atoms with E-state index in [0.29, 0.717) is 17.4 Å². The second kappa shape index (κ2) is 9.45. The van der Waals surface area contributed by atoms with Crippen LogP contribution in [-0.4, -0.2) is 48.3 Å². The van der Waals surface area contributed by atoms with Gasteiger partial charge in [0.2, 0.25) is 0 Å². The lowest BCUT2D eigenvalue weighted by Crippen LogP contribution is -2.57. The van der Waals surface area contributed by atoms with Crippen molar-refractivity contribution in [3.05, 3.63) is 77.9 Å². The highest BCUT2D eigenvalue weighted by molar-refractivity contribution is 6.16. The predicted molar refractivity (Wildman–Crippen MR) is 133 cm³/mol. The van der Waals surface area contributed by atoms with Crippen LogP contribution in [0.25, 0.3) is 5.57 Å². The van der Waals surface area contributed by atoms with E-state index in [1.54, 1.807) is 19.2 Å². The Morgan fingerprint density at radius 2 is 2.15 bits per heavy atom. The Morgan fingerprint density at radius 1 is 1.32 bits per heavy atom. The number of hydrogen-bond donors (Lipinski definition) is 2. The number of aliphatic hydroxyl groups is 1. The zero-order valence-electron chi connectivity index (χ0n) is 19.1. The van der Waals surface area contributed by atoms with Gasteiger partial charge in [-0.15, -0.1) is 6.58 Å². The van der Waals surface area contributed by atoms with Gasteiger partial charge in [-0.25, -0.2) is 4.79 Å². The van der Waals surface area contributed by atoms with Crippen LogP contribution in [0.3, 0.4) is 0 Å². The van der Waals surface area contributed by atoms with Crippen molar-refractivity contribution in [2.45, 2.75) is 31.0 Å². The normalized spacial score (nSPS) is 28.2. The number of fused-ring (bicyclic) bond motifs is 4. The molecule has 178 valence electrons. The number of carbonyl (C=O) groups is 1. The first-order chi connectivity index (χ1) is 16.5. The molecule has 2 unspecified atom stereocenters. The third-order valence-electron chi connectivity index (χ3n) is 7.62. The summed E-state index contributed by atoms with van der Waals surface area (Å²) in [6.07, 6.45) is 5.47. The number of benzene rings is 2. The molecule has 0 amide bonds. The maximum atomic E-state index is 12.3. The summed E-state index contributed by atoms with van der Waals surface area (Å²) in [7, 11) is 1.63. The first-order valence-electron chi connectivity index (χ1n) is 11.7. The van der Waals surface area contributed by atoms with Gasteiger partial charge in [-0.2, -0.15) is 0 Å². The van der Waals surface area contributed by atoms with Crippen molar-refractivity contribution in [2.75, 3.05) is 25.5 Å². The summed E-state index contributed by atoms with van der Waals surface area (Å²) < 4.78 is 9.97. The highest BCUT2D eigenvalue weighted by Crippen LogP contribution is 2.44. The molecule has 34 heavy (non-hydrogen) atoms. The molecule has 0 aliphatic carbocycles. The van der Waals surface area contributed by atoms with E-state index in [-0.39, 0.29) is 12.1 Å². The second-order valence-electron chi connectivity index (χ2n) is 9.30. The number of methoxy groups -OCH3 is 1. The van der Waals surface area contributed by atoms with Crippen LogP contribution in [0, 0.1) is 11.8 Å². The summed E-state index contributed by atoms with van der Waals surface area (Å²) in [5.41, 5.74) is 3.72. The first-order valence-corrected chi connectivity index (χ1v) is 12.0. The van der Waals surface area contributed by atoms with Crippen molar-refractivity contribution in [1.29, 1.82) is 0 Å². The average molecular weight is 481 g/mol. The maximum Gasteiger partial charge on any atom is 0.356 e. The van der Waals surface area contributed by atoms with Gasteiger partial charge in [0.05, 0.1) is 24.8 Å². The summed E-state index contributed by atoms with van der Waals surface area (Å²) in [5.74, 6) is 1.14. The van der Waals surface area contributed by atoms with Crippen LogP contribution >= 0.6 is 11.9 Å². The molecule has 0 radical (unpaired) electrons. The molecule has 2 N–H and O–H groups in total. The van der Waals surface area contributed by atoms with Crippen molar-refractivity contribution < 1.29 is 18.9 Å². The monoisotopic (exact) mass is 480 g/mol. The number of rotatable bonds is 6. The van der Waals surface area contributed by atoms with Crippen molar-refractivity contribution in [1.82, 2.24) is 4.90 Å². The van der Waals surface area contributed by atoms with Crippen LogP contribution in [0.4, 0.5) is 5.69 Å². The third-order valence-corrected chi connectivity index (χ3v) is 7.76. The Morgan fingerprint density at radius 3 is 2.85 bits per heavy atom. The molecule has 4 heterocycles.